The number of benzene rings is 1. The van der Waals surface area contributed by atoms with E-state index in [1.807, 2.05) is 31.7 Å². The molecule has 9 heteroatoms. The van der Waals surface area contributed by atoms with Gasteiger partial charge in [-0.1, -0.05) is 11.6 Å². The van der Waals surface area contributed by atoms with Crippen LogP contribution in [0, 0.1) is 11.3 Å². The van der Waals surface area contributed by atoms with E-state index in [2.05, 4.69) is 32.1 Å². The zero-order valence-corrected chi connectivity index (χ0v) is 20.2. The van der Waals surface area contributed by atoms with Gasteiger partial charge in [0.15, 0.2) is 0 Å². The number of anilines is 2. The number of ether oxygens (including phenoxy) is 1. The summed E-state index contributed by atoms with van der Waals surface area (Å²) in [5, 5.41) is 13.7. The number of hydrogen-bond donors (Lipinski definition) is 1. The predicted molar refractivity (Wildman–Crippen MR) is 130 cm³/mol. The third-order valence-electron chi connectivity index (χ3n) is 6.57. The van der Waals surface area contributed by atoms with Crippen LogP contribution < -0.4 is 5.32 Å². The Morgan fingerprint density at radius 2 is 1.91 bits per heavy atom. The number of hydrogen-bond acceptors (Lipinski definition) is 6. The minimum Gasteiger partial charge on any atom is -0.444 e. The highest BCUT2D eigenvalue weighted by Gasteiger charge is 2.45. The van der Waals surface area contributed by atoms with Crippen LogP contribution in [0.2, 0.25) is 5.02 Å². The molecule has 0 radical (unpaired) electrons. The average molecular weight is 479 g/mol. The third kappa shape index (κ3) is 4.16. The minimum atomic E-state index is -0.498. The van der Waals surface area contributed by atoms with Gasteiger partial charge in [0.2, 0.25) is 0 Å². The lowest BCUT2D eigenvalue weighted by Gasteiger charge is -2.40. The Labute approximate surface area is 203 Å². The van der Waals surface area contributed by atoms with Gasteiger partial charge in [-0.25, -0.2) is 14.8 Å². The molecule has 1 N–H and O–H groups in total. The normalized spacial score (nSPS) is 22.0. The van der Waals surface area contributed by atoms with Gasteiger partial charge in [0, 0.05) is 24.3 Å². The molecule has 0 unspecified atom stereocenters. The SMILES string of the molecule is CC(C)(C)OC(=O)N1[C@H]2CC[C@H]1CC(n1ccc3c(Nc4ccc(C#N)cc4Cl)ncnc31)C2. The van der Waals surface area contributed by atoms with Crippen molar-refractivity contribution in [3.8, 4) is 6.07 Å². The quantitative estimate of drug-likeness (QED) is 0.510. The summed E-state index contributed by atoms with van der Waals surface area (Å²) in [4.78, 5) is 23.8. The number of rotatable bonds is 3. The van der Waals surface area contributed by atoms with Crippen LogP contribution in [0.5, 0.6) is 0 Å². The van der Waals surface area contributed by atoms with E-state index in [9.17, 15) is 4.79 Å². The van der Waals surface area contributed by atoms with Crippen molar-refractivity contribution >= 4 is 40.2 Å². The van der Waals surface area contributed by atoms with E-state index >= 15 is 0 Å². The van der Waals surface area contributed by atoms with Gasteiger partial charge >= 0.3 is 6.09 Å². The lowest BCUT2D eigenvalue weighted by Crippen LogP contribution is -2.48. The fourth-order valence-corrected chi connectivity index (χ4v) is 5.39. The molecule has 1 amide bonds. The highest BCUT2D eigenvalue weighted by molar-refractivity contribution is 6.33. The van der Waals surface area contributed by atoms with Gasteiger partial charge in [-0.15, -0.1) is 0 Å². The highest BCUT2D eigenvalue weighted by atomic mass is 35.5. The van der Waals surface area contributed by atoms with Crippen LogP contribution in [0.4, 0.5) is 16.3 Å². The van der Waals surface area contributed by atoms with Crippen LogP contribution in [0.15, 0.2) is 36.8 Å². The maximum Gasteiger partial charge on any atom is 0.410 e. The van der Waals surface area contributed by atoms with Crippen LogP contribution in [0.25, 0.3) is 11.0 Å². The van der Waals surface area contributed by atoms with Crippen LogP contribution >= 0.6 is 11.6 Å². The second-order valence-corrected chi connectivity index (χ2v) is 10.4. The first kappa shape index (κ1) is 22.5. The van der Waals surface area contributed by atoms with Crippen molar-refractivity contribution in [2.75, 3.05) is 5.32 Å². The first-order chi connectivity index (χ1) is 16.2. The van der Waals surface area contributed by atoms with Crippen LogP contribution in [0.1, 0.15) is 58.1 Å². The summed E-state index contributed by atoms with van der Waals surface area (Å²) in [6.07, 6.45) is 7.13. The van der Waals surface area contributed by atoms with E-state index in [-0.39, 0.29) is 24.2 Å². The fraction of sp³-hybridized carbons (Fsp3) is 0.440. The van der Waals surface area contributed by atoms with Gasteiger partial charge in [0.05, 0.1) is 27.7 Å². The number of aromatic nitrogens is 3. The molecule has 2 atom stereocenters. The van der Waals surface area contributed by atoms with Crippen molar-refractivity contribution in [1.29, 1.82) is 5.26 Å². The summed E-state index contributed by atoms with van der Waals surface area (Å²) in [6, 6.07) is 9.81. The number of nitrogens with zero attached hydrogens (tertiary/aromatic N) is 5. The number of piperidine rings is 1. The van der Waals surface area contributed by atoms with Gasteiger partial charge in [0.25, 0.3) is 0 Å². The molecule has 2 aromatic heterocycles. The monoisotopic (exact) mass is 478 g/mol. The molecule has 34 heavy (non-hydrogen) atoms. The second-order valence-electron chi connectivity index (χ2n) is 10.0. The van der Waals surface area contributed by atoms with Gasteiger partial charge in [0.1, 0.15) is 23.4 Å². The van der Waals surface area contributed by atoms with Crippen LogP contribution in [-0.4, -0.2) is 43.2 Å². The molecule has 2 saturated heterocycles. The maximum atomic E-state index is 12.8. The lowest BCUT2D eigenvalue weighted by atomic mass is 9.97. The zero-order chi connectivity index (χ0) is 24.0. The molecule has 2 aliphatic heterocycles. The number of halogens is 1. The molecule has 5 rings (SSSR count). The molecule has 1 aromatic carbocycles. The molecule has 176 valence electrons. The molecule has 8 nitrogen and oxygen atoms in total. The number of fused-ring (bicyclic) bond motifs is 3. The van der Waals surface area contributed by atoms with Crippen LogP contribution in [0.3, 0.4) is 0 Å². The number of nitriles is 1. The van der Waals surface area contributed by atoms with Crippen molar-refractivity contribution in [2.45, 2.75) is 70.2 Å². The number of carbonyl (C=O) groups excluding carboxylic acids is 1. The second kappa shape index (κ2) is 8.48. The largest absolute Gasteiger partial charge is 0.444 e. The van der Waals surface area contributed by atoms with Crippen molar-refractivity contribution < 1.29 is 9.53 Å². The smallest absolute Gasteiger partial charge is 0.410 e. The van der Waals surface area contributed by atoms with Gasteiger partial charge in [-0.2, -0.15) is 5.26 Å². The topological polar surface area (TPSA) is 96.1 Å². The summed E-state index contributed by atoms with van der Waals surface area (Å²) >= 11 is 6.35. The first-order valence-electron chi connectivity index (χ1n) is 11.5. The van der Waals surface area contributed by atoms with E-state index in [4.69, 9.17) is 21.6 Å². The molecular formula is C25H27ClN6O2. The molecule has 2 bridgehead atoms. The van der Waals surface area contributed by atoms with Gasteiger partial charge in [-0.3, -0.25) is 0 Å². The summed E-state index contributed by atoms with van der Waals surface area (Å²) < 4.78 is 7.88. The van der Waals surface area contributed by atoms with E-state index in [1.54, 1.807) is 24.5 Å². The molecule has 0 saturated carbocycles. The molecular weight excluding hydrogens is 452 g/mol. The van der Waals surface area contributed by atoms with Crippen molar-refractivity contribution in [2.24, 2.45) is 0 Å². The molecule has 0 spiro atoms. The standard InChI is InChI=1S/C25H27ClN6O2/c1-25(2,3)34-24(33)32-16-5-6-17(32)12-18(11-16)31-9-8-19-22(28-14-29-23(19)31)30-21-7-4-15(13-27)10-20(21)26/h4,7-10,14,16-18H,5-6,11-12H2,1-3H3,(H,28,29,30)/t16-,17-/m0/s1. The minimum absolute atomic E-state index is 0.174. The van der Waals surface area contributed by atoms with E-state index < -0.39 is 5.60 Å². The Morgan fingerprint density at radius 1 is 1.18 bits per heavy atom. The Balaban J connectivity index is 1.38. The Bertz CT molecular complexity index is 1280. The Hall–Kier alpha value is -3.31. The number of nitrogens with one attached hydrogen (secondary N) is 1. The van der Waals surface area contributed by atoms with Crippen LogP contribution in [-0.2, 0) is 4.74 Å². The maximum absolute atomic E-state index is 12.8. The fourth-order valence-electron chi connectivity index (χ4n) is 5.17. The van der Waals surface area contributed by atoms with Gasteiger partial charge < -0.3 is 19.5 Å². The molecule has 3 aromatic rings. The summed E-state index contributed by atoms with van der Waals surface area (Å²) in [6.45, 7) is 5.71. The third-order valence-corrected chi connectivity index (χ3v) is 6.88. The Kier molecular flexibility index (Phi) is 5.61. The zero-order valence-electron chi connectivity index (χ0n) is 19.5. The van der Waals surface area contributed by atoms with E-state index in [0.717, 1.165) is 36.7 Å². The highest BCUT2D eigenvalue weighted by Crippen LogP contribution is 2.43. The molecule has 4 heterocycles. The summed E-state index contributed by atoms with van der Waals surface area (Å²) in [5.74, 6) is 0.657. The summed E-state index contributed by atoms with van der Waals surface area (Å²) in [5.41, 5.74) is 1.53. The number of carbonyl (C=O) groups is 1. The van der Waals surface area contributed by atoms with E-state index in [0.29, 0.717) is 22.1 Å². The van der Waals surface area contributed by atoms with E-state index in [1.165, 1.54) is 0 Å². The predicted octanol–water partition coefficient (Wildman–Crippen LogP) is 5.80. The molecule has 0 aliphatic carbocycles. The molecule has 2 fully saturated rings. The Morgan fingerprint density at radius 3 is 2.56 bits per heavy atom. The van der Waals surface area contributed by atoms with Gasteiger partial charge in [-0.05, 0) is 70.7 Å². The molecule has 2 aliphatic rings. The first-order valence-corrected chi connectivity index (χ1v) is 11.9. The summed E-state index contributed by atoms with van der Waals surface area (Å²) in [7, 11) is 0. The van der Waals surface area contributed by atoms with Crippen molar-refractivity contribution in [3.63, 3.8) is 0 Å². The average Bonchev–Trinajstić information content (AvgIpc) is 3.33. The lowest BCUT2D eigenvalue weighted by molar-refractivity contribution is 0.00314. The van der Waals surface area contributed by atoms with Crippen molar-refractivity contribution in [1.82, 2.24) is 19.4 Å². The number of amides is 1. The van der Waals surface area contributed by atoms with Crippen molar-refractivity contribution in [3.05, 3.63) is 47.4 Å².